The number of carbonyl (C=O) groups excluding carboxylic acids is 5. The van der Waals surface area contributed by atoms with Crippen molar-refractivity contribution in [2.75, 3.05) is 33.0 Å². The number of hydrogen-bond acceptors (Lipinski definition) is 10. The minimum absolute atomic E-state index is 0.147. The maximum Gasteiger partial charge on any atom is 0.384 e. The summed E-state index contributed by atoms with van der Waals surface area (Å²) >= 11 is 0. The van der Waals surface area contributed by atoms with Crippen molar-refractivity contribution in [3.63, 3.8) is 0 Å². The third-order valence-electron chi connectivity index (χ3n) is 7.22. The SMILES string of the molecule is C=CC(=O)OCCC(C=C)(COC(=O)C=C)C(F)(F)C(F)(F)C(F)(F)C(F)(F)C(F)(F)C(F)(F)C(COC(=O)C=C)(COC(=O)C=C)COC(=O)C=C. The molecule has 1 unspecified atom stereocenters. The summed E-state index contributed by atoms with van der Waals surface area (Å²) in [5.74, 6) is -55.1. The molecule has 0 aliphatic carbocycles. The van der Waals surface area contributed by atoms with Crippen LogP contribution in [0.4, 0.5) is 52.7 Å². The predicted octanol–water partition coefficient (Wildman–Crippen LogP) is 5.99. The maximum absolute atomic E-state index is 15.9. The van der Waals surface area contributed by atoms with Crippen LogP contribution < -0.4 is 0 Å². The summed E-state index contributed by atoms with van der Waals surface area (Å²) in [5, 5.41) is 0. The zero-order valence-corrected chi connectivity index (χ0v) is 27.1. The van der Waals surface area contributed by atoms with Crippen LogP contribution in [-0.2, 0) is 47.7 Å². The number of alkyl halides is 12. The largest absolute Gasteiger partial charge is 0.463 e. The molecule has 298 valence electrons. The van der Waals surface area contributed by atoms with Gasteiger partial charge in [-0.2, -0.15) is 52.7 Å². The second-order valence-corrected chi connectivity index (χ2v) is 10.5. The first-order chi connectivity index (χ1) is 24.1. The van der Waals surface area contributed by atoms with E-state index in [1.165, 1.54) is 0 Å². The first-order valence-electron chi connectivity index (χ1n) is 14.0. The van der Waals surface area contributed by atoms with E-state index >= 15 is 52.7 Å². The zero-order valence-electron chi connectivity index (χ0n) is 27.1. The fourth-order valence-corrected chi connectivity index (χ4v) is 3.90. The number of hydrogen-bond donors (Lipinski definition) is 0. The topological polar surface area (TPSA) is 132 Å². The van der Waals surface area contributed by atoms with Crippen molar-refractivity contribution in [1.82, 2.24) is 0 Å². The van der Waals surface area contributed by atoms with Gasteiger partial charge in [0, 0.05) is 30.4 Å². The quantitative estimate of drug-likeness (QED) is 0.0378. The van der Waals surface area contributed by atoms with Crippen LogP contribution in [0.2, 0.25) is 0 Å². The molecule has 22 heteroatoms. The Morgan fingerprint density at radius 1 is 0.396 bits per heavy atom. The van der Waals surface area contributed by atoms with E-state index in [-0.39, 0.29) is 30.4 Å². The molecule has 0 aliphatic heterocycles. The smallest absolute Gasteiger partial charge is 0.384 e. The number of halogens is 12. The average molecular weight is 791 g/mol. The van der Waals surface area contributed by atoms with E-state index in [1.807, 2.05) is 0 Å². The highest BCUT2D eigenvalue weighted by Gasteiger charge is 2.93. The monoisotopic (exact) mass is 790 g/mol. The Bertz CT molecular complexity index is 1400. The fourth-order valence-electron chi connectivity index (χ4n) is 3.90. The van der Waals surface area contributed by atoms with Gasteiger partial charge in [-0.3, -0.25) is 0 Å². The number of carbonyl (C=O) groups is 5. The number of ether oxygens (including phenoxy) is 5. The normalized spacial score (nSPS) is 14.0. The Kier molecular flexibility index (Phi) is 16.0. The molecule has 1 atom stereocenters. The molecule has 53 heavy (non-hydrogen) atoms. The van der Waals surface area contributed by atoms with Gasteiger partial charge in [0.1, 0.15) is 31.8 Å². The van der Waals surface area contributed by atoms with Gasteiger partial charge in [0.05, 0.1) is 12.0 Å². The summed E-state index contributed by atoms with van der Waals surface area (Å²) in [6.45, 7) is 5.85. The van der Waals surface area contributed by atoms with E-state index in [4.69, 9.17) is 0 Å². The molecule has 0 heterocycles. The van der Waals surface area contributed by atoms with Crippen LogP contribution in [0.1, 0.15) is 6.42 Å². The molecule has 0 rings (SSSR count). The first-order valence-corrected chi connectivity index (χ1v) is 14.0. The second-order valence-electron chi connectivity index (χ2n) is 10.5. The lowest BCUT2D eigenvalue weighted by molar-refractivity contribution is -0.444. The van der Waals surface area contributed by atoms with Crippen LogP contribution in [0.15, 0.2) is 75.9 Å². The van der Waals surface area contributed by atoms with Crippen LogP contribution in [0.25, 0.3) is 0 Å². The molecule has 0 aromatic carbocycles. The molecule has 0 aromatic heterocycles. The van der Waals surface area contributed by atoms with Crippen molar-refractivity contribution in [1.29, 1.82) is 0 Å². The average Bonchev–Trinajstić information content (AvgIpc) is 3.10. The summed E-state index contributed by atoms with van der Waals surface area (Å²) in [5.41, 5.74) is -8.86. The lowest BCUT2D eigenvalue weighted by Crippen LogP contribution is -2.75. The van der Waals surface area contributed by atoms with Gasteiger partial charge in [0.25, 0.3) is 0 Å². The highest BCUT2D eigenvalue weighted by atomic mass is 19.4. The Labute approximate surface area is 292 Å². The lowest BCUT2D eigenvalue weighted by atomic mass is 9.72. The molecular formula is C31H30F12O10. The molecule has 0 saturated heterocycles. The van der Waals surface area contributed by atoms with Crippen molar-refractivity contribution in [3.05, 3.63) is 75.9 Å². The van der Waals surface area contributed by atoms with Crippen molar-refractivity contribution >= 4 is 29.8 Å². The predicted molar refractivity (Wildman–Crippen MR) is 155 cm³/mol. The van der Waals surface area contributed by atoms with Crippen LogP contribution in [0.5, 0.6) is 0 Å². The van der Waals surface area contributed by atoms with E-state index in [2.05, 4.69) is 63.2 Å². The van der Waals surface area contributed by atoms with E-state index in [0.717, 1.165) is 0 Å². The van der Waals surface area contributed by atoms with Crippen LogP contribution >= 0.6 is 0 Å². The Hall–Kier alpha value is -5.05. The van der Waals surface area contributed by atoms with Crippen molar-refractivity contribution < 1.29 is 100 Å². The Balaban J connectivity index is 7.77. The molecule has 0 aromatic rings. The minimum Gasteiger partial charge on any atom is -0.463 e. The van der Waals surface area contributed by atoms with Gasteiger partial charge >= 0.3 is 65.4 Å². The summed E-state index contributed by atoms with van der Waals surface area (Å²) in [6.07, 6.45) is -1.20. The van der Waals surface area contributed by atoms with Gasteiger partial charge in [-0.25, -0.2) is 24.0 Å². The second kappa shape index (κ2) is 17.6. The molecule has 0 saturated carbocycles. The standard InChI is InChI=1S/C31H30F12O10/c1-7-19(44)49-14-13-24(12-6,15-50-20(45)8-2)26(32,33)28(36,37)30(40,41)31(42,43)29(38,39)27(34,35)25(16-51-21(46)9-3,17-52-22(47)10-4)18-53-23(48)11-5/h7-12H,1-6,13-18H2. The van der Waals surface area contributed by atoms with Gasteiger partial charge in [0.2, 0.25) is 0 Å². The van der Waals surface area contributed by atoms with E-state index in [1.54, 1.807) is 0 Å². The van der Waals surface area contributed by atoms with Gasteiger partial charge in [-0.05, 0) is 6.42 Å². The fraction of sp³-hybridized carbons (Fsp3) is 0.452. The molecular weight excluding hydrogens is 760 g/mol. The van der Waals surface area contributed by atoms with Crippen LogP contribution in [-0.4, -0.2) is 98.4 Å². The first kappa shape index (κ1) is 48.0. The van der Waals surface area contributed by atoms with E-state index in [9.17, 15) is 24.0 Å². The van der Waals surface area contributed by atoms with E-state index < -0.39 is 116 Å². The number of rotatable bonds is 24. The molecule has 0 amide bonds. The molecule has 0 radical (unpaired) electrons. The maximum atomic E-state index is 15.9. The molecule has 0 aliphatic rings. The van der Waals surface area contributed by atoms with Gasteiger partial charge in [-0.15, -0.1) is 6.58 Å². The summed E-state index contributed by atoms with van der Waals surface area (Å²) in [4.78, 5) is 57.8. The summed E-state index contributed by atoms with van der Waals surface area (Å²) in [7, 11) is 0. The highest BCUT2D eigenvalue weighted by molar-refractivity contribution is 5.82. The third kappa shape index (κ3) is 9.13. The third-order valence-corrected chi connectivity index (χ3v) is 7.22. The molecule has 0 N–H and O–H groups in total. The summed E-state index contributed by atoms with van der Waals surface area (Å²) in [6, 6.07) is 0. The van der Waals surface area contributed by atoms with Gasteiger partial charge in [-0.1, -0.05) is 39.0 Å². The molecule has 0 spiro atoms. The minimum atomic E-state index is -8.31. The Morgan fingerprint density at radius 2 is 0.660 bits per heavy atom. The molecule has 10 nitrogen and oxygen atoms in total. The van der Waals surface area contributed by atoms with E-state index in [0.29, 0.717) is 6.08 Å². The molecule has 0 bridgehead atoms. The van der Waals surface area contributed by atoms with Crippen LogP contribution in [0, 0.1) is 10.8 Å². The summed E-state index contributed by atoms with van der Waals surface area (Å²) < 4.78 is 207. The van der Waals surface area contributed by atoms with Gasteiger partial charge < -0.3 is 23.7 Å². The van der Waals surface area contributed by atoms with Gasteiger partial charge in [0.15, 0.2) is 0 Å². The Morgan fingerprint density at radius 3 is 0.962 bits per heavy atom. The van der Waals surface area contributed by atoms with Crippen molar-refractivity contribution in [2.24, 2.45) is 10.8 Å². The highest BCUT2D eigenvalue weighted by Crippen LogP contribution is 2.65. The van der Waals surface area contributed by atoms with Crippen LogP contribution in [0.3, 0.4) is 0 Å². The molecule has 0 fully saturated rings. The lowest BCUT2D eigenvalue weighted by Gasteiger charge is -2.48. The zero-order chi connectivity index (χ0) is 41.9. The van der Waals surface area contributed by atoms with Crippen molar-refractivity contribution in [3.8, 4) is 0 Å². The number of esters is 5. The van der Waals surface area contributed by atoms with Crippen molar-refractivity contribution in [2.45, 2.75) is 42.0 Å².